The van der Waals surface area contributed by atoms with Crippen LogP contribution in [0.3, 0.4) is 0 Å². The fourth-order valence-corrected chi connectivity index (χ4v) is 2.60. The predicted molar refractivity (Wildman–Crippen MR) is 73.5 cm³/mol. The summed E-state index contributed by atoms with van der Waals surface area (Å²) < 4.78 is 0. The van der Waals surface area contributed by atoms with Crippen molar-refractivity contribution in [1.29, 1.82) is 0 Å². The molecule has 0 fully saturated rings. The SMILES string of the molecule is Cc1ccc(O)c(-n2nc3c(n2)CC(C)C(C)C3)c1. The standard InChI is InChI=1S/C15H19N3O/c1-9-4-5-15(19)14(6-9)18-16-12-7-10(2)11(3)8-13(12)17-18/h4-6,10-11,19H,7-8H2,1-3H3. The maximum atomic E-state index is 9.95. The van der Waals surface area contributed by atoms with Crippen molar-refractivity contribution in [2.75, 3.05) is 0 Å². The molecule has 1 aliphatic carbocycles. The Hall–Kier alpha value is -1.84. The van der Waals surface area contributed by atoms with Crippen molar-refractivity contribution in [3.05, 3.63) is 35.2 Å². The lowest BCUT2D eigenvalue weighted by Crippen LogP contribution is -2.20. The zero-order chi connectivity index (χ0) is 13.6. The Bertz CT molecular complexity index is 590. The second-order valence-corrected chi connectivity index (χ2v) is 5.74. The van der Waals surface area contributed by atoms with Crippen molar-refractivity contribution in [2.24, 2.45) is 11.8 Å². The third kappa shape index (κ3) is 2.11. The number of hydrogen-bond donors (Lipinski definition) is 1. The number of hydrogen-bond acceptors (Lipinski definition) is 3. The molecule has 1 aromatic heterocycles. The van der Waals surface area contributed by atoms with Gasteiger partial charge in [-0.25, -0.2) is 0 Å². The summed E-state index contributed by atoms with van der Waals surface area (Å²) in [5, 5.41) is 19.1. The van der Waals surface area contributed by atoms with Gasteiger partial charge in [0.25, 0.3) is 0 Å². The number of aryl methyl sites for hydroxylation is 1. The largest absolute Gasteiger partial charge is 0.506 e. The van der Waals surface area contributed by atoms with Crippen molar-refractivity contribution in [1.82, 2.24) is 15.0 Å². The third-order valence-corrected chi connectivity index (χ3v) is 4.11. The fraction of sp³-hybridized carbons (Fsp3) is 0.467. The van der Waals surface area contributed by atoms with Crippen LogP contribution in [-0.4, -0.2) is 20.1 Å². The molecule has 2 atom stereocenters. The number of aromatic nitrogens is 3. The number of phenolic OH excluding ortho intramolecular Hbond substituents is 1. The zero-order valence-electron chi connectivity index (χ0n) is 11.6. The van der Waals surface area contributed by atoms with Crippen LogP contribution in [0.1, 0.15) is 30.8 Å². The van der Waals surface area contributed by atoms with Crippen LogP contribution in [0.2, 0.25) is 0 Å². The number of rotatable bonds is 1. The molecule has 1 aliphatic rings. The van der Waals surface area contributed by atoms with Crippen LogP contribution in [0, 0.1) is 18.8 Å². The highest BCUT2D eigenvalue weighted by molar-refractivity contribution is 5.46. The van der Waals surface area contributed by atoms with Gasteiger partial charge in [0.1, 0.15) is 11.4 Å². The van der Waals surface area contributed by atoms with Gasteiger partial charge >= 0.3 is 0 Å². The van der Waals surface area contributed by atoms with Gasteiger partial charge in [-0.1, -0.05) is 19.9 Å². The molecule has 19 heavy (non-hydrogen) atoms. The van der Waals surface area contributed by atoms with E-state index in [9.17, 15) is 5.11 Å². The first kappa shape index (κ1) is 12.2. The minimum Gasteiger partial charge on any atom is -0.506 e. The number of aromatic hydroxyl groups is 1. The van der Waals surface area contributed by atoms with Crippen molar-refractivity contribution in [3.63, 3.8) is 0 Å². The molecule has 0 amide bonds. The molecular weight excluding hydrogens is 238 g/mol. The Morgan fingerprint density at radius 3 is 2.26 bits per heavy atom. The maximum absolute atomic E-state index is 9.95. The van der Waals surface area contributed by atoms with E-state index in [1.807, 2.05) is 19.1 Å². The van der Waals surface area contributed by atoms with Crippen LogP contribution in [-0.2, 0) is 12.8 Å². The molecule has 100 valence electrons. The van der Waals surface area contributed by atoms with Crippen LogP contribution in [0.4, 0.5) is 0 Å². The quantitative estimate of drug-likeness (QED) is 0.854. The van der Waals surface area contributed by atoms with Gasteiger partial charge in [0.05, 0.1) is 11.4 Å². The van der Waals surface area contributed by atoms with E-state index in [4.69, 9.17) is 0 Å². The number of benzene rings is 1. The Morgan fingerprint density at radius 1 is 1.11 bits per heavy atom. The van der Waals surface area contributed by atoms with E-state index >= 15 is 0 Å². The highest BCUT2D eigenvalue weighted by atomic mass is 16.3. The fourth-order valence-electron chi connectivity index (χ4n) is 2.60. The summed E-state index contributed by atoms with van der Waals surface area (Å²) in [4.78, 5) is 1.58. The monoisotopic (exact) mass is 257 g/mol. The summed E-state index contributed by atoms with van der Waals surface area (Å²) in [5.74, 6) is 1.51. The Balaban J connectivity index is 2.04. The second-order valence-electron chi connectivity index (χ2n) is 5.74. The lowest BCUT2D eigenvalue weighted by atomic mass is 9.82. The van der Waals surface area contributed by atoms with E-state index in [-0.39, 0.29) is 5.75 Å². The molecule has 3 rings (SSSR count). The van der Waals surface area contributed by atoms with Gasteiger partial charge in [-0.05, 0) is 49.3 Å². The average Bonchev–Trinajstić information content (AvgIpc) is 2.75. The molecule has 0 bridgehead atoms. The molecule has 1 aromatic carbocycles. The van der Waals surface area contributed by atoms with Crippen molar-refractivity contribution >= 4 is 0 Å². The van der Waals surface area contributed by atoms with Gasteiger partial charge in [0.2, 0.25) is 0 Å². The predicted octanol–water partition coefficient (Wildman–Crippen LogP) is 2.65. The molecule has 1 N–H and O–H groups in total. The molecule has 2 unspecified atom stereocenters. The summed E-state index contributed by atoms with van der Waals surface area (Å²) in [6, 6.07) is 5.48. The first-order chi connectivity index (χ1) is 9.04. The smallest absolute Gasteiger partial charge is 0.143 e. The van der Waals surface area contributed by atoms with E-state index < -0.39 is 0 Å². The van der Waals surface area contributed by atoms with Gasteiger partial charge in [0.15, 0.2) is 0 Å². The molecule has 0 radical (unpaired) electrons. The Labute approximate surface area is 113 Å². The van der Waals surface area contributed by atoms with E-state index in [1.165, 1.54) is 0 Å². The topological polar surface area (TPSA) is 50.9 Å². The lowest BCUT2D eigenvalue weighted by Gasteiger charge is -2.23. The van der Waals surface area contributed by atoms with Crippen LogP contribution in [0.15, 0.2) is 18.2 Å². The van der Waals surface area contributed by atoms with Gasteiger partial charge in [-0.15, -0.1) is 4.80 Å². The van der Waals surface area contributed by atoms with Crippen LogP contribution >= 0.6 is 0 Å². The summed E-state index contributed by atoms with van der Waals surface area (Å²) in [5.41, 5.74) is 3.90. The minimum absolute atomic E-state index is 0.221. The number of fused-ring (bicyclic) bond motifs is 1. The molecule has 4 nitrogen and oxygen atoms in total. The molecule has 0 spiro atoms. The molecule has 4 heteroatoms. The second kappa shape index (κ2) is 4.37. The van der Waals surface area contributed by atoms with Crippen LogP contribution in [0.5, 0.6) is 5.75 Å². The van der Waals surface area contributed by atoms with Crippen molar-refractivity contribution < 1.29 is 5.11 Å². The number of phenols is 1. The summed E-state index contributed by atoms with van der Waals surface area (Å²) in [6.07, 6.45) is 1.95. The molecule has 0 saturated heterocycles. The summed E-state index contributed by atoms with van der Waals surface area (Å²) in [6.45, 7) is 6.52. The van der Waals surface area contributed by atoms with E-state index in [2.05, 4.69) is 24.0 Å². The van der Waals surface area contributed by atoms with Gasteiger partial charge < -0.3 is 5.11 Å². The molecule has 0 saturated carbocycles. The van der Waals surface area contributed by atoms with E-state index in [1.54, 1.807) is 10.9 Å². The maximum Gasteiger partial charge on any atom is 0.143 e. The Morgan fingerprint density at radius 2 is 1.68 bits per heavy atom. The third-order valence-electron chi connectivity index (χ3n) is 4.11. The number of nitrogens with zero attached hydrogens (tertiary/aromatic N) is 3. The lowest BCUT2D eigenvalue weighted by molar-refractivity contribution is 0.355. The van der Waals surface area contributed by atoms with Gasteiger partial charge in [-0.2, -0.15) is 10.2 Å². The van der Waals surface area contributed by atoms with Crippen LogP contribution < -0.4 is 0 Å². The van der Waals surface area contributed by atoms with E-state index in [0.29, 0.717) is 17.5 Å². The highest BCUT2D eigenvalue weighted by Gasteiger charge is 2.26. The molecule has 0 aliphatic heterocycles. The Kier molecular flexibility index (Phi) is 2.81. The van der Waals surface area contributed by atoms with Crippen molar-refractivity contribution in [2.45, 2.75) is 33.6 Å². The van der Waals surface area contributed by atoms with E-state index in [0.717, 1.165) is 29.8 Å². The average molecular weight is 257 g/mol. The first-order valence-electron chi connectivity index (χ1n) is 6.79. The van der Waals surface area contributed by atoms with Crippen molar-refractivity contribution in [3.8, 4) is 11.4 Å². The zero-order valence-corrected chi connectivity index (χ0v) is 11.6. The first-order valence-corrected chi connectivity index (χ1v) is 6.79. The summed E-state index contributed by atoms with van der Waals surface area (Å²) >= 11 is 0. The highest BCUT2D eigenvalue weighted by Crippen LogP contribution is 2.29. The van der Waals surface area contributed by atoms with Gasteiger partial charge in [0, 0.05) is 0 Å². The molecular formula is C15H19N3O. The molecule has 1 heterocycles. The minimum atomic E-state index is 0.221. The normalized spacial score (nSPS) is 22.3. The molecule has 2 aromatic rings. The van der Waals surface area contributed by atoms with Crippen LogP contribution in [0.25, 0.3) is 5.69 Å². The van der Waals surface area contributed by atoms with Gasteiger partial charge in [-0.3, -0.25) is 0 Å². The summed E-state index contributed by atoms with van der Waals surface area (Å²) in [7, 11) is 0.